The molecule has 1 aliphatic rings. The van der Waals surface area contributed by atoms with Crippen LogP contribution in [0.4, 0.5) is 0 Å². The average molecular weight is 408 g/mol. The van der Waals surface area contributed by atoms with Crippen LogP contribution in [0.5, 0.6) is 5.75 Å². The van der Waals surface area contributed by atoms with E-state index < -0.39 is 9.84 Å². The van der Waals surface area contributed by atoms with Crippen LogP contribution in [0.15, 0.2) is 53.4 Å². The minimum Gasteiger partial charge on any atom is -0.493 e. The maximum Gasteiger partial charge on any atom is 0.175 e. The Morgan fingerprint density at radius 3 is 2.59 bits per heavy atom. The van der Waals surface area contributed by atoms with Crippen molar-refractivity contribution in [3.63, 3.8) is 0 Å². The zero-order chi connectivity index (χ0) is 19.4. The van der Waals surface area contributed by atoms with Gasteiger partial charge in [0.1, 0.15) is 5.75 Å². The van der Waals surface area contributed by atoms with Gasteiger partial charge in [0.15, 0.2) is 9.84 Å². The summed E-state index contributed by atoms with van der Waals surface area (Å²) in [6.07, 6.45) is 3.31. The van der Waals surface area contributed by atoms with Gasteiger partial charge in [-0.3, -0.25) is 4.90 Å². The van der Waals surface area contributed by atoms with Crippen LogP contribution >= 0.6 is 11.6 Å². The molecular formula is C21H26ClNO3S. The molecule has 1 heterocycles. The maximum atomic E-state index is 11.5. The second-order valence-electron chi connectivity index (χ2n) is 7.38. The minimum absolute atomic E-state index is 0.316. The van der Waals surface area contributed by atoms with Crippen LogP contribution in [0.2, 0.25) is 5.02 Å². The van der Waals surface area contributed by atoms with Crippen LogP contribution in [0.25, 0.3) is 0 Å². The third-order valence-electron chi connectivity index (χ3n) is 5.10. The molecule has 0 N–H and O–H groups in total. The number of hydrogen-bond donors (Lipinski definition) is 0. The van der Waals surface area contributed by atoms with Crippen molar-refractivity contribution in [2.45, 2.75) is 30.7 Å². The van der Waals surface area contributed by atoms with E-state index >= 15 is 0 Å². The first-order valence-corrected chi connectivity index (χ1v) is 11.5. The normalized spacial score (nSPS) is 20.7. The molecule has 0 saturated carbocycles. The van der Waals surface area contributed by atoms with E-state index in [9.17, 15) is 8.42 Å². The van der Waals surface area contributed by atoms with Gasteiger partial charge in [-0.25, -0.2) is 8.42 Å². The molecule has 6 heteroatoms. The lowest BCUT2D eigenvalue weighted by Gasteiger charge is -2.21. The summed E-state index contributed by atoms with van der Waals surface area (Å²) in [7, 11) is -3.17. The van der Waals surface area contributed by atoms with E-state index in [0.29, 0.717) is 29.2 Å². The number of rotatable bonds is 7. The van der Waals surface area contributed by atoms with Gasteiger partial charge in [0, 0.05) is 36.3 Å². The van der Waals surface area contributed by atoms with Gasteiger partial charge in [-0.2, -0.15) is 0 Å². The van der Waals surface area contributed by atoms with Crippen molar-refractivity contribution in [3.05, 3.63) is 59.1 Å². The highest BCUT2D eigenvalue weighted by Gasteiger charge is 2.29. The van der Waals surface area contributed by atoms with Crippen molar-refractivity contribution in [1.29, 1.82) is 0 Å². The molecule has 0 unspecified atom stereocenters. The van der Waals surface area contributed by atoms with Gasteiger partial charge < -0.3 is 4.74 Å². The lowest BCUT2D eigenvalue weighted by atomic mass is 10.1. The Morgan fingerprint density at radius 1 is 1.19 bits per heavy atom. The van der Waals surface area contributed by atoms with Crippen LogP contribution in [-0.4, -0.2) is 45.3 Å². The molecule has 3 rings (SSSR count). The van der Waals surface area contributed by atoms with E-state index in [1.807, 2.05) is 18.2 Å². The molecular weight excluding hydrogens is 382 g/mol. The monoisotopic (exact) mass is 407 g/mol. The molecule has 0 aliphatic carbocycles. The van der Waals surface area contributed by atoms with Gasteiger partial charge in [0.05, 0.1) is 11.5 Å². The maximum absolute atomic E-state index is 11.5. The molecule has 1 aliphatic heterocycles. The standard InChI is InChI=1S/C21H26ClNO3S/c1-16-12-18(14-23(16)11-10-17-4-3-5-19(22)13-17)15-26-20-6-8-21(9-7-20)27(2,24)25/h3-9,13,16,18H,10-12,14-15H2,1-2H3/t16-,18-/m0/s1. The molecule has 27 heavy (non-hydrogen) atoms. The number of nitrogens with zero attached hydrogens (tertiary/aromatic N) is 1. The predicted octanol–water partition coefficient (Wildman–Crippen LogP) is 4.08. The quantitative estimate of drug-likeness (QED) is 0.693. The summed E-state index contributed by atoms with van der Waals surface area (Å²) in [6.45, 7) is 4.94. The van der Waals surface area contributed by atoms with Crippen LogP contribution in [0.1, 0.15) is 18.9 Å². The summed E-state index contributed by atoms with van der Waals surface area (Å²) in [4.78, 5) is 2.82. The largest absolute Gasteiger partial charge is 0.493 e. The lowest BCUT2D eigenvalue weighted by Crippen LogP contribution is -2.29. The van der Waals surface area contributed by atoms with Gasteiger partial charge in [0.25, 0.3) is 0 Å². The third-order valence-corrected chi connectivity index (χ3v) is 6.47. The molecule has 1 fully saturated rings. The SMILES string of the molecule is C[C@H]1C[C@H](COc2ccc(S(C)(=O)=O)cc2)CN1CCc1cccc(Cl)c1. The van der Waals surface area contributed by atoms with Crippen LogP contribution in [0.3, 0.4) is 0 Å². The van der Waals surface area contributed by atoms with E-state index in [1.165, 1.54) is 11.8 Å². The van der Waals surface area contributed by atoms with Crippen LogP contribution in [0, 0.1) is 5.92 Å². The molecule has 1 saturated heterocycles. The summed E-state index contributed by atoms with van der Waals surface area (Å²) >= 11 is 6.06. The number of halogens is 1. The molecule has 2 aromatic carbocycles. The van der Waals surface area contributed by atoms with E-state index in [0.717, 1.165) is 31.0 Å². The van der Waals surface area contributed by atoms with Gasteiger partial charge in [-0.1, -0.05) is 23.7 Å². The number of sulfone groups is 1. The first kappa shape index (κ1) is 20.2. The summed E-state index contributed by atoms with van der Waals surface area (Å²) in [5, 5.41) is 0.787. The third kappa shape index (κ3) is 5.71. The van der Waals surface area contributed by atoms with Crippen molar-refractivity contribution in [3.8, 4) is 5.75 Å². The molecule has 2 atom stereocenters. The smallest absolute Gasteiger partial charge is 0.175 e. The first-order chi connectivity index (χ1) is 12.8. The van der Waals surface area contributed by atoms with E-state index in [2.05, 4.69) is 17.9 Å². The van der Waals surface area contributed by atoms with E-state index in [4.69, 9.17) is 16.3 Å². The van der Waals surface area contributed by atoms with Crippen LogP contribution in [-0.2, 0) is 16.3 Å². The Hall–Kier alpha value is -1.56. The molecule has 0 aromatic heterocycles. The highest BCUT2D eigenvalue weighted by Crippen LogP contribution is 2.25. The van der Waals surface area contributed by atoms with Crippen molar-refractivity contribution in [2.75, 3.05) is 26.0 Å². The molecule has 4 nitrogen and oxygen atoms in total. The highest BCUT2D eigenvalue weighted by molar-refractivity contribution is 7.90. The lowest BCUT2D eigenvalue weighted by molar-refractivity contribution is 0.234. The van der Waals surface area contributed by atoms with Gasteiger partial charge >= 0.3 is 0 Å². The number of ether oxygens (including phenoxy) is 1. The van der Waals surface area contributed by atoms with Crippen LogP contribution < -0.4 is 4.74 Å². The van der Waals surface area contributed by atoms with Gasteiger partial charge in [-0.05, 0) is 61.7 Å². The molecule has 0 spiro atoms. The predicted molar refractivity (Wildman–Crippen MR) is 109 cm³/mol. The fourth-order valence-corrected chi connectivity index (χ4v) is 4.46. The Labute approximate surface area is 167 Å². The fourth-order valence-electron chi connectivity index (χ4n) is 3.61. The van der Waals surface area contributed by atoms with E-state index in [-0.39, 0.29) is 0 Å². The number of benzene rings is 2. The topological polar surface area (TPSA) is 46.6 Å². The minimum atomic E-state index is -3.17. The highest BCUT2D eigenvalue weighted by atomic mass is 35.5. The first-order valence-electron chi connectivity index (χ1n) is 9.22. The summed E-state index contributed by atoms with van der Waals surface area (Å²) in [5.74, 6) is 1.20. The molecule has 0 radical (unpaired) electrons. The Morgan fingerprint density at radius 2 is 1.93 bits per heavy atom. The van der Waals surface area contributed by atoms with Gasteiger partial charge in [0.2, 0.25) is 0 Å². The van der Waals surface area contributed by atoms with Gasteiger partial charge in [-0.15, -0.1) is 0 Å². The molecule has 0 bridgehead atoms. The van der Waals surface area contributed by atoms with Crippen molar-refractivity contribution in [1.82, 2.24) is 4.90 Å². The summed E-state index contributed by atoms with van der Waals surface area (Å²) in [6, 6.07) is 15.2. The summed E-state index contributed by atoms with van der Waals surface area (Å²) < 4.78 is 28.9. The molecule has 0 amide bonds. The Balaban J connectivity index is 1.48. The number of likely N-dealkylation sites (tertiary alicyclic amines) is 1. The second-order valence-corrected chi connectivity index (χ2v) is 9.83. The van der Waals surface area contributed by atoms with Crippen molar-refractivity contribution >= 4 is 21.4 Å². The summed E-state index contributed by atoms with van der Waals surface area (Å²) in [5.41, 5.74) is 1.26. The van der Waals surface area contributed by atoms with Crippen molar-refractivity contribution in [2.24, 2.45) is 5.92 Å². The molecule has 2 aromatic rings. The zero-order valence-electron chi connectivity index (χ0n) is 15.8. The number of hydrogen-bond acceptors (Lipinski definition) is 4. The average Bonchev–Trinajstić information content (AvgIpc) is 2.98. The van der Waals surface area contributed by atoms with E-state index in [1.54, 1.807) is 24.3 Å². The molecule has 146 valence electrons. The Kier molecular flexibility index (Phi) is 6.45. The second kappa shape index (κ2) is 8.63. The Bertz CT molecular complexity index is 867. The fraction of sp³-hybridized carbons (Fsp3) is 0.429. The van der Waals surface area contributed by atoms with Crippen molar-refractivity contribution < 1.29 is 13.2 Å². The zero-order valence-corrected chi connectivity index (χ0v) is 17.3.